The van der Waals surface area contributed by atoms with Crippen molar-refractivity contribution < 1.29 is 24.3 Å². The van der Waals surface area contributed by atoms with E-state index in [0.29, 0.717) is 25.8 Å². The van der Waals surface area contributed by atoms with Gasteiger partial charge < -0.3 is 20.4 Å². The summed E-state index contributed by atoms with van der Waals surface area (Å²) < 4.78 is 5.21. The number of para-hydroxylation sites is 1. The van der Waals surface area contributed by atoms with Crippen molar-refractivity contribution >= 4 is 28.6 Å². The van der Waals surface area contributed by atoms with Crippen molar-refractivity contribution in [2.45, 2.75) is 51.0 Å². The first-order chi connectivity index (χ1) is 21.0. The molecule has 0 aliphatic heterocycles. The molecule has 0 radical (unpaired) electrons. The van der Waals surface area contributed by atoms with Crippen LogP contribution >= 0.6 is 0 Å². The number of amides is 3. The highest BCUT2D eigenvalue weighted by Crippen LogP contribution is 2.21. The van der Waals surface area contributed by atoms with Crippen LogP contribution in [0.3, 0.4) is 0 Å². The van der Waals surface area contributed by atoms with Gasteiger partial charge in [-0.25, -0.2) is 5.48 Å². The zero-order valence-corrected chi connectivity index (χ0v) is 24.5. The van der Waals surface area contributed by atoms with Crippen LogP contribution in [0, 0.1) is 5.92 Å². The monoisotopic (exact) mass is 584 g/mol. The molecular weight excluding hydrogens is 544 g/mol. The third-order valence-electron chi connectivity index (χ3n) is 7.64. The molecule has 43 heavy (non-hydrogen) atoms. The van der Waals surface area contributed by atoms with E-state index in [0.717, 1.165) is 46.2 Å². The third-order valence-corrected chi connectivity index (χ3v) is 7.64. The Morgan fingerprint density at radius 3 is 2.33 bits per heavy atom. The number of benzene rings is 3. The maximum absolute atomic E-state index is 13.6. The predicted molar refractivity (Wildman–Crippen MR) is 166 cm³/mol. The number of unbranched alkanes of at least 4 members (excludes halogenated alkanes) is 1. The minimum absolute atomic E-state index is 0.180. The van der Waals surface area contributed by atoms with Gasteiger partial charge in [0.25, 0.3) is 0 Å². The summed E-state index contributed by atoms with van der Waals surface area (Å²) in [5.74, 6) is -1.24. The molecule has 2 atom stereocenters. The first-order valence-electron chi connectivity index (χ1n) is 14.7. The average Bonchev–Trinajstić information content (AvgIpc) is 3.45. The molecule has 0 saturated carbocycles. The zero-order valence-electron chi connectivity index (χ0n) is 24.5. The lowest BCUT2D eigenvalue weighted by Crippen LogP contribution is -2.50. The summed E-state index contributed by atoms with van der Waals surface area (Å²) in [6, 6.07) is 24.7. The number of aryl methyl sites for hydroxylation is 1. The standard InChI is InChI=1S/C34H40N4O5/c1-43-28-17-15-25(16-18-28)11-5-6-12-26(22-32(39)38-42)33(40)37-31(21-27-23-36-30-14-8-7-13-29(27)30)34(41)35-20-19-24-9-3-2-4-10-24/h2-4,7-10,13-18,23,26,31,36,42H,5-6,11-12,19-22H2,1H3,(H,35,41)(H,37,40)(H,38,39)/t26-,31+/m1/s1. The molecule has 0 aliphatic carbocycles. The second-order valence-electron chi connectivity index (χ2n) is 10.7. The first-order valence-corrected chi connectivity index (χ1v) is 14.7. The third kappa shape index (κ3) is 9.44. The summed E-state index contributed by atoms with van der Waals surface area (Å²) in [4.78, 5) is 42.3. The SMILES string of the molecule is COc1ccc(CCCC[C@H](CC(=O)NO)C(=O)N[C@@H](Cc2c[nH]c3ccccc23)C(=O)NCCc2ccccc2)cc1. The molecule has 1 heterocycles. The van der Waals surface area contributed by atoms with E-state index in [1.54, 1.807) is 12.6 Å². The highest BCUT2D eigenvalue weighted by Gasteiger charge is 2.28. The minimum atomic E-state index is -0.846. The fourth-order valence-electron chi connectivity index (χ4n) is 5.22. The maximum atomic E-state index is 13.6. The molecule has 9 nitrogen and oxygen atoms in total. The number of methoxy groups -OCH3 is 1. The van der Waals surface area contributed by atoms with Gasteiger partial charge in [0.15, 0.2) is 0 Å². The van der Waals surface area contributed by atoms with Crippen molar-refractivity contribution in [1.82, 2.24) is 21.1 Å². The highest BCUT2D eigenvalue weighted by atomic mass is 16.5. The number of hydrogen-bond acceptors (Lipinski definition) is 5. The Labute approximate surface area is 252 Å². The van der Waals surface area contributed by atoms with Crippen molar-refractivity contribution in [3.05, 3.63) is 102 Å². The summed E-state index contributed by atoms with van der Waals surface area (Å²) in [6.07, 6.45) is 5.38. The smallest absolute Gasteiger partial charge is 0.244 e. The number of carbonyl (C=O) groups is 3. The van der Waals surface area contributed by atoms with Crippen LogP contribution < -0.4 is 20.9 Å². The molecule has 0 unspecified atom stereocenters. The maximum Gasteiger partial charge on any atom is 0.244 e. The van der Waals surface area contributed by atoms with Crippen LogP contribution in [0.5, 0.6) is 5.75 Å². The normalized spacial score (nSPS) is 12.3. The molecule has 0 fully saturated rings. The number of aromatic nitrogens is 1. The van der Waals surface area contributed by atoms with E-state index in [1.165, 1.54) is 0 Å². The molecule has 0 spiro atoms. The van der Waals surface area contributed by atoms with Crippen molar-refractivity contribution in [1.29, 1.82) is 0 Å². The predicted octanol–water partition coefficient (Wildman–Crippen LogP) is 4.49. The number of hydrogen-bond donors (Lipinski definition) is 5. The molecular formula is C34H40N4O5. The Kier molecular flexibility index (Phi) is 11.7. The van der Waals surface area contributed by atoms with E-state index in [-0.39, 0.29) is 18.7 Å². The van der Waals surface area contributed by atoms with Crippen LogP contribution in [-0.4, -0.2) is 47.6 Å². The Morgan fingerprint density at radius 1 is 0.860 bits per heavy atom. The number of aromatic amines is 1. The average molecular weight is 585 g/mol. The number of H-pyrrole nitrogens is 1. The lowest BCUT2D eigenvalue weighted by Gasteiger charge is -2.22. The van der Waals surface area contributed by atoms with Crippen LogP contribution in [0.4, 0.5) is 0 Å². The van der Waals surface area contributed by atoms with Gasteiger partial charge in [-0.3, -0.25) is 19.6 Å². The molecule has 0 aliphatic rings. The lowest BCUT2D eigenvalue weighted by atomic mass is 9.94. The Hall–Kier alpha value is -4.63. The largest absolute Gasteiger partial charge is 0.497 e. The van der Waals surface area contributed by atoms with Gasteiger partial charge in [-0.1, -0.05) is 67.1 Å². The molecule has 0 saturated heterocycles. The van der Waals surface area contributed by atoms with Gasteiger partial charge in [-0.2, -0.15) is 0 Å². The summed E-state index contributed by atoms with van der Waals surface area (Å²) in [5.41, 5.74) is 5.75. The van der Waals surface area contributed by atoms with E-state index < -0.39 is 23.8 Å². The van der Waals surface area contributed by atoms with Crippen molar-refractivity contribution in [2.24, 2.45) is 5.92 Å². The van der Waals surface area contributed by atoms with Crippen molar-refractivity contribution in [2.75, 3.05) is 13.7 Å². The molecule has 4 aromatic rings. The van der Waals surface area contributed by atoms with E-state index in [1.807, 2.05) is 85.1 Å². The lowest BCUT2D eigenvalue weighted by molar-refractivity contribution is -0.136. The van der Waals surface area contributed by atoms with Crippen molar-refractivity contribution in [3.8, 4) is 5.75 Å². The number of fused-ring (bicyclic) bond motifs is 1. The molecule has 226 valence electrons. The molecule has 4 rings (SSSR count). The Bertz CT molecular complexity index is 1470. The quantitative estimate of drug-likeness (QED) is 0.0752. The second kappa shape index (κ2) is 16.1. The number of hydroxylamine groups is 1. The second-order valence-corrected chi connectivity index (χ2v) is 10.7. The molecule has 5 N–H and O–H groups in total. The van der Waals surface area contributed by atoms with Crippen LogP contribution in [0.2, 0.25) is 0 Å². The van der Waals surface area contributed by atoms with Gasteiger partial charge in [0.05, 0.1) is 7.11 Å². The van der Waals surface area contributed by atoms with Crippen molar-refractivity contribution in [3.63, 3.8) is 0 Å². The Morgan fingerprint density at radius 2 is 1.58 bits per heavy atom. The van der Waals surface area contributed by atoms with Crippen LogP contribution in [-0.2, 0) is 33.6 Å². The summed E-state index contributed by atoms with van der Waals surface area (Å²) in [5, 5.41) is 16.0. The van der Waals surface area contributed by atoms with E-state index in [9.17, 15) is 14.4 Å². The van der Waals surface area contributed by atoms with Gasteiger partial charge in [0.1, 0.15) is 11.8 Å². The van der Waals surface area contributed by atoms with E-state index >= 15 is 0 Å². The van der Waals surface area contributed by atoms with Gasteiger partial charge in [-0.15, -0.1) is 0 Å². The molecule has 3 aromatic carbocycles. The van der Waals surface area contributed by atoms with Crippen LogP contribution in [0.15, 0.2) is 85.1 Å². The summed E-state index contributed by atoms with van der Waals surface area (Å²) in [6.45, 7) is 0.421. The van der Waals surface area contributed by atoms with Gasteiger partial charge in [-0.05, 0) is 60.6 Å². The van der Waals surface area contributed by atoms with Gasteiger partial charge in [0, 0.05) is 42.4 Å². The van der Waals surface area contributed by atoms with Crippen LogP contribution in [0.25, 0.3) is 10.9 Å². The Balaban J connectivity index is 1.42. The number of ether oxygens (including phenoxy) is 1. The number of carbonyl (C=O) groups excluding carboxylic acids is 3. The molecule has 1 aromatic heterocycles. The van der Waals surface area contributed by atoms with E-state index in [2.05, 4.69) is 15.6 Å². The fourth-order valence-corrected chi connectivity index (χ4v) is 5.22. The summed E-state index contributed by atoms with van der Waals surface area (Å²) >= 11 is 0. The highest BCUT2D eigenvalue weighted by molar-refractivity contribution is 5.91. The summed E-state index contributed by atoms with van der Waals surface area (Å²) in [7, 11) is 1.63. The topological polar surface area (TPSA) is 133 Å². The van der Waals surface area contributed by atoms with E-state index in [4.69, 9.17) is 9.94 Å². The molecule has 9 heteroatoms. The van der Waals surface area contributed by atoms with Gasteiger partial charge >= 0.3 is 0 Å². The minimum Gasteiger partial charge on any atom is -0.497 e. The molecule has 0 bridgehead atoms. The first kappa shape index (κ1) is 31.3. The van der Waals surface area contributed by atoms with Crippen LogP contribution in [0.1, 0.15) is 42.4 Å². The number of nitrogens with one attached hydrogen (secondary N) is 4. The fraction of sp³-hybridized carbons (Fsp3) is 0.324. The number of rotatable bonds is 16. The van der Waals surface area contributed by atoms with Gasteiger partial charge in [0.2, 0.25) is 17.7 Å². The zero-order chi connectivity index (χ0) is 30.4. The molecule has 3 amide bonds.